The van der Waals surface area contributed by atoms with Crippen molar-refractivity contribution >= 4 is 11.7 Å². The van der Waals surface area contributed by atoms with Gasteiger partial charge in [-0.1, -0.05) is 63.1 Å². The first-order valence-corrected chi connectivity index (χ1v) is 13.9. The van der Waals surface area contributed by atoms with Crippen LogP contribution in [0.1, 0.15) is 66.6 Å². The van der Waals surface area contributed by atoms with Crippen molar-refractivity contribution in [3.8, 4) is 23.0 Å². The SMILES string of the molecule is CCCCN(CCCC)c1ccc2c(c1)Oc1ccc(Oc3ccccc3)cc1C21OC(=O)c2ccccc21. The zero-order valence-corrected chi connectivity index (χ0v) is 22.5. The van der Waals surface area contributed by atoms with Gasteiger partial charge in [0, 0.05) is 36.0 Å². The number of esters is 1. The normalized spacial score (nSPS) is 16.6. The highest BCUT2D eigenvalue weighted by Crippen LogP contribution is 2.57. The maximum Gasteiger partial charge on any atom is 0.340 e. The van der Waals surface area contributed by atoms with Gasteiger partial charge in [0.1, 0.15) is 23.0 Å². The molecule has 1 atom stereocenters. The zero-order chi connectivity index (χ0) is 26.8. The molecule has 6 rings (SSSR count). The quantitative estimate of drug-likeness (QED) is 0.208. The number of rotatable bonds is 9. The van der Waals surface area contributed by atoms with Gasteiger partial charge in [0.2, 0.25) is 0 Å². The number of hydrogen-bond donors (Lipinski definition) is 0. The van der Waals surface area contributed by atoms with E-state index < -0.39 is 5.60 Å². The highest BCUT2D eigenvalue weighted by atomic mass is 16.6. The van der Waals surface area contributed by atoms with Crippen LogP contribution in [-0.4, -0.2) is 19.1 Å². The fraction of sp³-hybridized carbons (Fsp3) is 0.265. The smallest absolute Gasteiger partial charge is 0.340 e. The average molecular weight is 520 g/mol. The molecule has 0 amide bonds. The molecule has 0 saturated heterocycles. The Labute approximate surface area is 230 Å². The third-order valence-corrected chi connectivity index (χ3v) is 7.57. The lowest BCUT2D eigenvalue weighted by Gasteiger charge is -2.37. The Morgan fingerprint density at radius 2 is 1.46 bits per heavy atom. The molecule has 2 aliphatic heterocycles. The topological polar surface area (TPSA) is 48.0 Å². The lowest BCUT2D eigenvalue weighted by atomic mass is 9.77. The molecule has 0 fully saturated rings. The van der Waals surface area contributed by atoms with Crippen LogP contribution in [0.15, 0.2) is 91.0 Å². The maximum absolute atomic E-state index is 13.2. The van der Waals surface area contributed by atoms with Crippen LogP contribution >= 0.6 is 0 Å². The lowest BCUT2D eigenvalue weighted by molar-refractivity contribution is 0.0223. The van der Waals surface area contributed by atoms with E-state index in [0.717, 1.165) is 66.9 Å². The van der Waals surface area contributed by atoms with Crippen molar-refractivity contribution in [2.45, 2.75) is 45.1 Å². The van der Waals surface area contributed by atoms with Gasteiger partial charge in [0.05, 0.1) is 11.1 Å². The Hall–Kier alpha value is -4.25. The average Bonchev–Trinajstić information content (AvgIpc) is 3.26. The van der Waals surface area contributed by atoms with Crippen molar-refractivity contribution in [3.05, 3.63) is 113 Å². The van der Waals surface area contributed by atoms with Crippen molar-refractivity contribution in [3.63, 3.8) is 0 Å². The van der Waals surface area contributed by atoms with Gasteiger partial charge >= 0.3 is 5.97 Å². The van der Waals surface area contributed by atoms with Crippen LogP contribution in [0, 0.1) is 0 Å². The molecule has 2 heterocycles. The van der Waals surface area contributed by atoms with E-state index in [1.54, 1.807) is 0 Å². The van der Waals surface area contributed by atoms with Crippen LogP contribution in [0.2, 0.25) is 0 Å². The van der Waals surface area contributed by atoms with Crippen LogP contribution in [0.5, 0.6) is 23.0 Å². The first-order valence-electron chi connectivity index (χ1n) is 13.9. The summed E-state index contributed by atoms with van der Waals surface area (Å²) in [5.41, 5.74) is 2.96. The number of carbonyl (C=O) groups excluding carboxylic acids is 1. The second-order valence-electron chi connectivity index (χ2n) is 10.2. The number of ether oxygens (including phenoxy) is 3. The van der Waals surface area contributed by atoms with Crippen molar-refractivity contribution in [2.24, 2.45) is 0 Å². The maximum atomic E-state index is 13.2. The van der Waals surface area contributed by atoms with Crippen molar-refractivity contribution in [1.29, 1.82) is 0 Å². The second-order valence-corrected chi connectivity index (χ2v) is 10.2. The molecule has 1 unspecified atom stereocenters. The predicted octanol–water partition coefficient (Wildman–Crippen LogP) is 8.45. The van der Waals surface area contributed by atoms with Crippen LogP contribution in [0.4, 0.5) is 5.69 Å². The molecule has 0 aliphatic carbocycles. The van der Waals surface area contributed by atoms with Gasteiger partial charge in [0.15, 0.2) is 5.60 Å². The van der Waals surface area contributed by atoms with Gasteiger partial charge in [-0.25, -0.2) is 4.79 Å². The van der Waals surface area contributed by atoms with Crippen molar-refractivity contribution in [2.75, 3.05) is 18.0 Å². The summed E-state index contributed by atoms with van der Waals surface area (Å²) in [5, 5.41) is 0. The molecule has 4 aromatic carbocycles. The molecular formula is C34H33NO4. The lowest BCUT2D eigenvalue weighted by Crippen LogP contribution is -2.33. The molecule has 0 bridgehead atoms. The summed E-state index contributed by atoms with van der Waals surface area (Å²) in [6.07, 6.45) is 4.54. The van der Waals surface area contributed by atoms with E-state index in [2.05, 4.69) is 36.9 Å². The molecule has 39 heavy (non-hydrogen) atoms. The minimum absolute atomic E-state index is 0.338. The minimum atomic E-state index is -1.12. The predicted molar refractivity (Wildman–Crippen MR) is 153 cm³/mol. The fourth-order valence-electron chi connectivity index (χ4n) is 5.59. The van der Waals surface area contributed by atoms with Crippen LogP contribution in [0.25, 0.3) is 0 Å². The van der Waals surface area contributed by atoms with Crippen LogP contribution in [0.3, 0.4) is 0 Å². The van der Waals surface area contributed by atoms with Gasteiger partial charge in [-0.3, -0.25) is 0 Å². The molecule has 4 aromatic rings. The van der Waals surface area contributed by atoms with Crippen LogP contribution < -0.4 is 14.4 Å². The second kappa shape index (κ2) is 10.5. The first kappa shape index (κ1) is 25.1. The van der Waals surface area contributed by atoms with E-state index in [0.29, 0.717) is 22.8 Å². The Balaban J connectivity index is 1.49. The molecule has 0 saturated carbocycles. The highest BCUT2D eigenvalue weighted by Gasteiger charge is 2.53. The number of hydrogen-bond acceptors (Lipinski definition) is 5. The molecule has 0 aromatic heterocycles. The molecule has 5 nitrogen and oxygen atoms in total. The summed E-state index contributed by atoms with van der Waals surface area (Å²) in [7, 11) is 0. The molecule has 5 heteroatoms. The van der Waals surface area contributed by atoms with Crippen LogP contribution in [-0.2, 0) is 10.3 Å². The van der Waals surface area contributed by atoms with Gasteiger partial charge < -0.3 is 19.1 Å². The van der Waals surface area contributed by atoms with E-state index in [-0.39, 0.29) is 5.97 Å². The number of benzene rings is 4. The largest absolute Gasteiger partial charge is 0.457 e. The highest BCUT2D eigenvalue weighted by molar-refractivity contribution is 5.97. The molecule has 1 spiro atoms. The van der Waals surface area contributed by atoms with E-state index >= 15 is 0 Å². The molecule has 0 radical (unpaired) electrons. The van der Waals surface area contributed by atoms with E-state index in [1.165, 1.54) is 0 Å². The standard InChI is InChI=1S/C34H33NO4/c1-3-5-20-35(21-6-4-2)24-16-18-29-32(22-24)38-31-19-17-26(37-25-12-8-7-9-13-25)23-30(31)34(29)28-15-11-10-14-27(28)33(36)39-34/h7-19,22-23H,3-6,20-21H2,1-2H3. The Kier molecular flexibility index (Phi) is 6.74. The van der Waals surface area contributed by atoms with Gasteiger partial charge in [-0.05, 0) is 61.4 Å². The number of anilines is 1. The summed E-state index contributed by atoms with van der Waals surface area (Å²) in [6, 6.07) is 29.3. The number of unbranched alkanes of at least 4 members (excludes halogenated alkanes) is 2. The first-order chi connectivity index (χ1) is 19.1. The van der Waals surface area contributed by atoms with Gasteiger partial charge in [-0.2, -0.15) is 0 Å². The summed E-state index contributed by atoms with van der Waals surface area (Å²) in [4.78, 5) is 15.7. The molecule has 198 valence electrons. The van der Waals surface area contributed by atoms with E-state index in [4.69, 9.17) is 14.2 Å². The third kappa shape index (κ3) is 4.42. The fourth-order valence-corrected chi connectivity index (χ4v) is 5.59. The monoisotopic (exact) mass is 519 g/mol. The van der Waals surface area contributed by atoms with Gasteiger partial charge in [-0.15, -0.1) is 0 Å². The number of nitrogens with zero attached hydrogens (tertiary/aromatic N) is 1. The Morgan fingerprint density at radius 1 is 0.718 bits per heavy atom. The third-order valence-electron chi connectivity index (χ3n) is 7.57. The zero-order valence-electron chi connectivity index (χ0n) is 22.5. The summed E-state index contributed by atoms with van der Waals surface area (Å²) in [5.74, 6) is 2.40. The number of para-hydroxylation sites is 1. The van der Waals surface area contributed by atoms with E-state index in [9.17, 15) is 4.79 Å². The van der Waals surface area contributed by atoms with Crippen molar-refractivity contribution < 1.29 is 19.0 Å². The molecule has 0 N–H and O–H groups in total. The van der Waals surface area contributed by atoms with Gasteiger partial charge in [0.25, 0.3) is 0 Å². The minimum Gasteiger partial charge on any atom is -0.457 e. The molecule has 2 aliphatic rings. The summed E-state index contributed by atoms with van der Waals surface area (Å²) >= 11 is 0. The summed E-state index contributed by atoms with van der Waals surface area (Å²) < 4.78 is 19.1. The number of fused-ring (bicyclic) bond motifs is 6. The van der Waals surface area contributed by atoms with Crippen molar-refractivity contribution in [1.82, 2.24) is 0 Å². The summed E-state index contributed by atoms with van der Waals surface area (Å²) in [6.45, 7) is 6.43. The Bertz CT molecular complexity index is 1490. The molecular weight excluding hydrogens is 486 g/mol. The number of carbonyl (C=O) groups is 1. The van der Waals surface area contributed by atoms with E-state index in [1.807, 2.05) is 72.8 Å². The Morgan fingerprint density at radius 3 is 2.23 bits per heavy atom.